The summed E-state index contributed by atoms with van der Waals surface area (Å²) >= 11 is 13.4. The van der Waals surface area contributed by atoms with Gasteiger partial charge in [0.2, 0.25) is 53.2 Å². The number of halogens is 2. The van der Waals surface area contributed by atoms with Crippen molar-refractivity contribution in [2.75, 3.05) is 31.1 Å². The fourth-order valence-corrected chi connectivity index (χ4v) is 11.2. The van der Waals surface area contributed by atoms with Gasteiger partial charge in [-0.2, -0.15) is 0 Å². The number of nitrogens with two attached hydrogens (primary N) is 4. The van der Waals surface area contributed by atoms with Crippen molar-refractivity contribution in [3.63, 3.8) is 0 Å². The number of unbranched alkanes of at least 4 members (excludes halogenated alkanes) is 1. The van der Waals surface area contributed by atoms with Crippen LogP contribution in [0, 0.1) is 5.92 Å². The number of thiophene rings is 1. The summed E-state index contributed by atoms with van der Waals surface area (Å²) in [6, 6.07) is 10.8. The molecule has 5 rings (SSSR count). The number of primary amides is 1. The minimum atomic E-state index is -1.74. The van der Waals surface area contributed by atoms with E-state index < -0.39 is 120 Å². The van der Waals surface area contributed by atoms with Crippen molar-refractivity contribution in [1.82, 2.24) is 42.1 Å². The Balaban J connectivity index is 1.38. The number of aryl methyl sites for hydroxylation is 1. The van der Waals surface area contributed by atoms with Crippen LogP contribution in [0.3, 0.4) is 0 Å². The smallest absolute Gasteiger partial charge is 0.251 e. The molecule has 1 aromatic heterocycles. The van der Waals surface area contributed by atoms with E-state index in [-0.39, 0.29) is 88.6 Å². The number of aliphatic hydroxyl groups excluding tert-OH is 1. The summed E-state index contributed by atoms with van der Waals surface area (Å²) in [7, 11) is 0. The van der Waals surface area contributed by atoms with Gasteiger partial charge in [-0.25, -0.2) is 0 Å². The molecule has 9 atom stereocenters. The van der Waals surface area contributed by atoms with E-state index >= 15 is 0 Å². The zero-order valence-corrected chi connectivity index (χ0v) is 54.4. The van der Waals surface area contributed by atoms with Crippen molar-refractivity contribution in [3.05, 3.63) is 117 Å². The normalized spacial score (nSPS) is 15.4. The molecule has 1 aliphatic heterocycles. The minimum absolute atomic E-state index is 0.00384. The maximum absolute atomic E-state index is 14.9. The van der Waals surface area contributed by atoms with Crippen molar-refractivity contribution in [2.24, 2.45) is 33.8 Å². The topological polar surface area (TPSA) is 418 Å². The molecule has 2 heterocycles. The number of phenols is 1. The number of likely N-dealkylation sites (tertiary alicyclic amines) is 1. The number of nitrogens with zero attached hydrogens (tertiary/aromatic N) is 3. The van der Waals surface area contributed by atoms with Crippen LogP contribution in [0.15, 0.2) is 95.3 Å². The van der Waals surface area contributed by atoms with Gasteiger partial charge in [0.1, 0.15) is 60.1 Å². The van der Waals surface area contributed by atoms with Crippen LogP contribution in [-0.2, 0) is 67.2 Å². The number of carbonyl (C=O) groups excluding carboxylic acids is 10. The second-order valence-electron chi connectivity index (χ2n) is 23.0. The number of hydrogen-bond acceptors (Lipinski definition) is 15. The number of rotatable bonds is 36. The lowest BCUT2D eigenvalue weighted by atomic mass is 10.00. The van der Waals surface area contributed by atoms with Crippen LogP contribution in [0.1, 0.15) is 102 Å². The summed E-state index contributed by atoms with van der Waals surface area (Å²) in [6.07, 6.45) is 1.75. The average molecular weight is 1330 g/mol. The van der Waals surface area contributed by atoms with Crippen LogP contribution in [0.25, 0.3) is 0 Å². The molecular weight excluding hydrogens is 1250 g/mol. The van der Waals surface area contributed by atoms with Gasteiger partial charge >= 0.3 is 0 Å². The van der Waals surface area contributed by atoms with E-state index in [0.717, 1.165) is 16.9 Å². The van der Waals surface area contributed by atoms with E-state index in [1.165, 1.54) is 47.9 Å². The SMILES string of the molecule is CC(C)C[C@H](NC(=O)[C@@H](CCCCN)NC(=O)[C@H](Cc1ccc(O)cc1)NC(=O)[C@H](CO)NC(=O)[C@@H](C)N(C(=O)[C@@H](Cc1ccc(Cl)cc1)NC(=O)CCc1ccc(Cl)cc1)c1cccs1)C(=O)N[C@@H](CCCN=C(N)N)C(=O)N1CCC[C@H]1C(=O)N[C@H](C)C(N)=O. The van der Waals surface area contributed by atoms with E-state index in [9.17, 15) is 58.2 Å². The van der Waals surface area contributed by atoms with Crippen molar-refractivity contribution in [3.8, 4) is 5.75 Å². The Morgan fingerprint density at radius 2 is 1.20 bits per heavy atom. The third-order valence-corrected chi connectivity index (χ3v) is 16.6. The fraction of sp³-hybridized carbons (Fsp3) is 0.476. The molecule has 0 saturated carbocycles. The highest BCUT2D eigenvalue weighted by Crippen LogP contribution is 2.27. The predicted molar refractivity (Wildman–Crippen MR) is 350 cm³/mol. The zero-order valence-electron chi connectivity index (χ0n) is 52.0. The van der Waals surface area contributed by atoms with Crippen LogP contribution in [0.5, 0.6) is 5.75 Å². The number of hydrogen-bond donors (Lipinski definition) is 13. The average Bonchev–Trinajstić information content (AvgIpc) is 1.51. The monoisotopic (exact) mass is 1330 g/mol. The number of phenolic OH excluding ortho intramolecular Hbond substituents is 1. The second kappa shape index (κ2) is 37.2. The Morgan fingerprint density at radius 3 is 1.78 bits per heavy atom. The largest absolute Gasteiger partial charge is 0.508 e. The molecule has 500 valence electrons. The van der Waals surface area contributed by atoms with Crippen molar-refractivity contribution >= 4 is 105 Å². The van der Waals surface area contributed by atoms with Gasteiger partial charge in [-0.05, 0) is 155 Å². The summed E-state index contributed by atoms with van der Waals surface area (Å²) in [5, 5.41) is 42.6. The summed E-state index contributed by atoms with van der Waals surface area (Å²) < 4.78 is 0. The van der Waals surface area contributed by atoms with Crippen LogP contribution in [-0.4, -0.2) is 161 Å². The third kappa shape index (κ3) is 23.7. The van der Waals surface area contributed by atoms with Gasteiger partial charge in [0.05, 0.1) is 11.6 Å². The van der Waals surface area contributed by atoms with E-state index in [4.69, 9.17) is 46.1 Å². The first-order valence-corrected chi connectivity index (χ1v) is 32.1. The van der Waals surface area contributed by atoms with Gasteiger partial charge < -0.3 is 75.3 Å². The van der Waals surface area contributed by atoms with E-state index in [2.05, 4.69) is 42.2 Å². The van der Waals surface area contributed by atoms with Crippen molar-refractivity contribution < 1.29 is 58.2 Å². The first-order chi connectivity index (χ1) is 43.8. The number of anilines is 1. The van der Waals surface area contributed by atoms with Gasteiger partial charge in [0.25, 0.3) is 5.91 Å². The van der Waals surface area contributed by atoms with Gasteiger partial charge in [-0.1, -0.05) is 73.4 Å². The molecular formula is C63H86Cl2N14O12S. The lowest BCUT2D eigenvalue weighted by Crippen LogP contribution is -2.61. The molecule has 10 amide bonds. The first-order valence-electron chi connectivity index (χ1n) is 30.5. The summed E-state index contributed by atoms with van der Waals surface area (Å²) in [5.41, 5.74) is 24.2. The van der Waals surface area contributed by atoms with E-state index in [1.807, 2.05) is 0 Å². The van der Waals surface area contributed by atoms with Crippen LogP contribution < -0.4 is 65.1 Å². The number of aliphatic imine (C=N–C) groups is 1. The molecule has 1 fully saturated rings. The quantitative estimate of drug-likeness (QED) is 0.0175. The molecule has 3 aromatic carbocycles. The lowest BCUT2D eigenvalue weighted by Gasteiger charge is -2.32. The molecule has 0 bridgehead atoms. The Bertz CT molecular complexity index is 3160. The number of aliphatic hydroxyl groups is 1. The summed E-state index contributed by atoms with van der Waals surface area (Å²) in [5.74, 6) is -8.07. The molecule has 1 saturated heterocycles. The maximum atomic E-state index is 14.9. The van der Waals surface area contributed by atoms with Gasteiger partial charge in [-0.3, -0.25) is 57.8 Å². The number of nitrogens with one attached hydrogen (secondary N) is 7. The Hall–Kier alpha value is -8.37. The van der Waals surface area contributed by atoms with Gasteiger partial charge in [0.15, 0.2) is 5.96 Å². The maximum Gasteiger partial charge on any atom is 0.251 e. The van der Waals surface area contributed by atoms with Gasteiger partial charge in [-0.15, -0.1) is 11.3 Å². The molecule has 0 unspecified atom stereocenters. The Labute approximate surface area is 549 Å². The second-order valence-corrected chi connectivity index (χ2v) is 24.8. The Morgan fingerprint density at radius 1 is 0.652 bits per heavy atom. The first kappa shape index (κ1) is 74.4. The molecule has 17 N–H and O–H groups in total. The van der Waals surface area contributed by atoms with Gasteiger partial charge in [0, 0.05) is 42.4 Å². The number of carbonyl (C=O) groups is 10. The van der Waals surface area contributed by atoms with Crippen molar-refractivity contribution in [1.29, 1.82) is 0 Å². The molecule has 0 aliphatic carbocycles. The van der Waals surface area contributed by atoms with E-state index in [1.54, 1.807) is 79.9 Å². The summed E-state index contributed by atoms with van der Waals surface area (Å²) in [6.45, 7) is 5.89. The number of aromatic hydroxyl groups is 1. The highest BCUT2D eigenvalue weighted by atomic mass is 35.5. The molecule has 0 spiro atoms. The van der Waals surface area contributed by atoms with Crippen LogP contribution in [0.2, 0.25) is 10.0 Å². The predicted octanol–water partition coefficient (Wildman–Crippen LogP) is 1.71. The van der Waals surface area contributed by atoms with Crippen LogP contribution >= 0.6 is 34.5 Å². The molecule has 0 radical (unpaired) electrons. The molecule has 92 heavy (non-hydrogen) atoms. The standard InChI is InChI=1S/C63H86Cl2N14O12S/c1-36(2)32-47(57(86)74-46(11-7-29-70-63(68)69)61(90)78-30-8-12-51(78)60(89)71-37(3)54(67)83)75-56(85)45(10-5-6-28-66)73-58(87)48(33-41-18-25-44(81)26-19-41)76-59(88)50(35-80)77-55(84)38(4)79(53-13-9-31-92-53)62(91)49(34-40-16-23-43(65)24-17-40)72-52(82)27-20-39-14-21-42(64)22-15-39/h9,13-19,21-26,31,36-38,45-51,80-81H,5-8,10-12,20,27-30,32-35,66H2,1-4H3,(H2,67,83)(H,71,89)(H,72,82)(H,73,87)(H,74,86)(H,75,85)(H,76,88)(H,77,84)(H4,68,69,70)/t37-,38-,45-,46+,47+,48+,49-,50+,51+/m1/s1. The fourth-order valence-electron chi connectivity index (χ4n) is 10.2. The third-order valence-electron chi connectivity index (χ3n) is 15.2. The molecule has 29 heteroatoms. The number of benzene rings is 3. The molecule has 4 aromatic rings. The highest BCUT2D eigenvalue weighted by Gasteiger charge is 2.41. The Kier molecular flexibility index (Phi) is 30.1. The van der Waals surface area contributed by atoms with Crippen LogP contribution in [0.4, 0.5) is 5.00 Å². The molecule has 1 aliphatic rings. The van der Waals surface area contributed by atoms with E-state index in [0.29, 0.717) is 51.9 Å². The minimum Gasteiger partial charge on any atom is -0.508 e. The summed E-state index contributed by atoms with van der Waals surface area (Å²) in [4.78, 5) is 147. The number of guanidine groups is 1. The highest BCUT2D eigenvalue weighted by molar-refractivity contribution is 7.14. The zero-order chi connectivity index (χ0) is 67.6. The van der Waals surface area contributed by atoms with Crippen molar-refractivity contribution in [2.45, 2.75) is 159 Å². The molecule has 26 nitrogen and oxygen atoms in total. The lowest BCUT2D eigenvalue weighted by molar-refractivity contribution is -0.142. The number of amides is 10.